The van der Waals surface area contributed by atoms with Gasteiger partial charge in [-0.1, -0.05) is 32.0 Å². The molecule has 0 aromatic heterocycles. The van der Waals surface area contributed by atoms with Gasteiger partial charge in [0.15, 0.2) is 0 Å². The van der Waals surface area contributed by atoms with Gasteiger partial charge in [-0.3, -0.25) is 9.69 Å². The summed E-state index contributed by atoms with van der Waals surface area (Å²) in [5.41, 5.74) is 1.01. The number of Topliss-reactive ketones (excluding diaryl/α,β-unsaturated/α-hetero) is 1. The summed E-state index contributed by atoms with van der Waals surface area (Å²) in [4.78, 5) is 27.8. The summed E-state index contributed by atoms with van der Waals surface area (Å²) in [5.74, 6) is 3.25. The van der Waals surface area contributed by atoms with Crippen LogP contribution < -0.4 is 0 Å². The number of piperidine rings is 2. The number of nitrogens with zero attached hydrogens (tertiary/aromatic N) is 1. The number of rotatable bonds is 3. The Morgan fingerprint density at radius 2 is 1.82 bits per heavy atom. The molecule has 9 atom stereocenters. The van der Waals surface area contributed by atoms with E-state index in [1.54, 1.807) is 0 Å². The van der Waals surface area contributed by atoms with Gasteiger partial charge in [0.2, 0.25) is 0 Å². The molecule has 1 aromatic rings. The highest BCUT2D eigenvalue weighted by atomic mass is 16.5. The molecule has 4 heteroatoms. The van der Waals surface area contributed by atoms with Gasteiger partial charge in [-0.05, 0) is 101 Å². The molecule has 2 heterocycles. The highest BCUT2D eigenvalue weighted by Crippen LogP contribution is 2.65. The predicted molar refractivity (Wildman–Crippen MR) is 130 cm³/mol. The number of ketones is 1. The SMILES string of the molecule is CC1C[C@H]2[C@@H]3CCN4C(C)C(=O)CC[C@]4(C)[C@H]3CC[C@]2(C)[C@H]1C(C)OC(=O)c1ccccc1. The van der Waals surface area contributed by atoms with Gasteiger partial charge in [0, 0.05) is 17.9 Å². The van der Waals surface area contributed by atoms with Gasteiger partial charge in [-0.15, -0.1) is 0 Å². The molecule has 1 aromatic carbocycles. The van der Waals surface area contributed by atoms with Crippen LogP contribution in [0.15, 0.2) is 30.3 Å². The van der Waals surface area contributed by atoms with E-state index in [4.69, 9.17) is 4.74 Å². The maximum absolute atomic E-state index is 12.8. The zero-order valence-electron chi connectivity index (χ0n) is 21.0. The molecule has 2 aliphatic heterocycles. The molecule has 2 saturated heterocycles. The van der Waals surface area contributed by atoms with Crippen molar-refractivity contribution in [1.29, 1.82) is 0 Å². The van der Waals surface area contributed by atoms with Crippen LogP contribution in [0, 0.1) is 35.0 Å². The molecule has 0 amide bonds. The molecule has 5 rings (SSSR count). The Hall–Kier alpha value is -1.68. The van der Waals surface area contributed by atoms with E-state index in [0.717, 1.165) is 25.3 Å². The van der Waals surface area contributed by atoms with Crippen LogP contribution in [0.25, 0.3) is 0 Å². The van der Waals surface area contributed by atoms with E-state index in [9.17, 15) is 9.59 Å². The van der Waals surface area contributed by atoms with E-state index in [1.165, 1.54) is 25.7 Å². The third-order valence-electron chi connectivity index (χ3n) is 10.7. The van der Waals surface area contributed by atoms with Crippen molar-refractivity contribution in [3.8, 4) is 0 Å². The largest absolute Gasteiger partial charge is 0.459 e. The molecule has 2 aliphatic carbocycles. The minimum Gasteiger partial charge on any atom is -0.459 e. The van der Waals surface area contributed by atoms with Crippen molar-refractivity contribution >= 4 is 11.8 Å². The van der Waals surface area contributed by atoms with Crippen molar-refractivity contribution in [2.75, 3.05) is 6.54 Å². The number of hydrogen-bond donors (Lipinski definition) is 0. The number of esters is 1. The van der Waals surface area contributed by atoms with Crippen molar-refractivity contribution in [3.05, 3.63) is 35.9 Å². The third kappa shape index (κ3) is 3.50. The lowest BCUT2D eigenvalue weighted by Gasteiger charge is -2.62. The zero-order valence-corrected chi connectivity index (χ0v) is 21.0. The average molecular weight is 452 g/mol. The molecular weight excluding hydrogens is 410 g/mol. The fourth-order valence-corrected chi connectivity index (χ4v) is 9.23. The minimum absolute atomic E-state index is 0.0747. The Bertz CT molecular complexity index is 915. The average Bonchev–Trinajstić information content (AvgIpc) is 3.07. The molecule has 33 heavy (non-hydrogen) atoms. The Balaban J connectivity index is 1.36. The zero-order chi connectivity index (χ0) is 23.5. The Labute approximate surface area is 199 Å². The molecule has 4 fully saturated rings. The highest BCUT2D eigenvalue weighted by molar-refractivity contribution is 5.89. The van der Waals surface area contributed by atoms with Crippen molar-refractivity contribution in [3.63, 3.8) is 0 Å². The predicted octanol–water partition coefficient (Wildman–Crippen LogP) is 5.75. The van der Waals surface area contributed by atoms with E-state index in [2.05, 4.69) is 39.5 Å². The lowest BCUT2D eigenvalue weighted by atomic mass is 9.51. The number of hydrogen-bond acceptors (Lipinski definition) is 4. The second kappa shape index (κ2) is 8.22. The maximum Gasteiger partial charge on any atom is 0.338 e. The van der Waals surface area contributed by atoms with Gasteiger partial charge < -0.3 is 4.74 Å². The molecule has 0 bridgehead atoms. The third-order valence-corrected chi connectivity index (χ3v) is 10.7. The normalized spacial score (nSPS) is 43.8. The van der Waals surface area contributed by atoms with Crippen LogP contribution in [0.3, 0.4) is 0 Å². The van der Waals surface area contributed by atoms with E-state index >= 15 is 0 Å². The van der Waals surface area contributed by atoms with Gasteiger partial charge in [-0.25, -0.2) is 4.79 Å². The molecule has 0 N–H and O–H groups in total. The summed E-state index contributed by atoms with van der Waals surface area (Å²) in [6.45, 7) is 12.6. The first-order valence-corrected chi connectivity index (χ1v) is 13.2. The van der Waals surface area contributed by atoms with Crippen LogP contribution in [0.4, 0.5) is 0 Å². The molecule has 0 spiro atoms. The molecule has 2 saturated carbocycles. The van der Waals surface area contributed by atoms with Gasteiger partial charge in [0.1, 0.15) is 11.9 Å². The second-order valence-corrected chi connectivity index (χ2v) is 12.1. The van der Waals surface area contributed by atoms with Crippen LogP contribution >= 0.6 is 0 Å². The van der Waals surface area contributed by atoms with Crippen molar-refractivity contribution in [2.24, 2.45) is 35.0 Å². The molecule has 4 nitrogen and oxygen atoms in total. The van der Waals surface area contributed by atoms with Crippen LogP contribution in [0.2, 0.25) is 0 Å². The van der Waals surface area contributed by atoms with Crippen molar-refractivity contribution in [2.45, 2.75) is 90.8 Å². The lowest BCUT2D eigenvalue weighted by Crippen LogP contribution is -2.67. The summed E-state index contributed by atoms with van der Waals surface area (Å²) >= 11 is 0. The topological polar surface area (TPSA) is 46.6 Å². The first kappa shape index (κ1) is 23.1. The Kier molecular flexibility index (Phi) is 5.75. The highest BCUT2D eigenvalue weighted by Gasteiger charge is 2.63. The van der Waals surface area contributed by atoms with Crippen molar-refractivity contribution in [1.82, 2.24) is 4.90 Å². The van der Waals surface area contributed by atoms with E-state index in [-0.39, 0.29) is 29.1 Å². The number of fused-ring (bicyclic) bond motifs is 5. The van der Waals surface area contributed by atoms with Crippen LogP contribution in [0.5, 0.6) is 0 Å². The molecule has 180 valence electrons. The van der Waals surface area contributed by atoms with Gasteiger partial charge >= 0.3 is 5.97 Å². The van der Waals surface area contributed by atoms with Crippen molar-refractivity contribution < 1.29 is 14.3 Å². The number of ether oxygens (including phenoxy) is 1. The van der Waals surface area contributed by atoms with Gasteiger partial charge in [0.05, 0.1) is 11.6 Å². The Morgan fingerprint density at radius 1 is 1.09 bits per heavy atom. The molecule has 3 unspecified atom stereocenters. The first-order chi connectivity index (χ1) is 15.7. The molecular formula is C29H41NO3. The fourth-order valence-electron chi connectivity index (χ4n) is 9.23. The van der Waals surface area contributed by atoms with E-state index in [1.807, 2.05) is 30.3 Å². The summed E-state index contributed by atoms with van der Waals surface area (Å²) in [6, 6.07) is 9.47. The van der Waals surface area contributed by atoms with E-state index < -0.39 is 0 Å². The quantitative estimate of drug-likeness (QED) is 0.549. The Morgan fingerprint density at radius 3 is 2.55 bits per heavy atom. The standard InChI is InChI=1S/C29H41NO3/c1-18-17-24-22-13-16-30-19(2)25(31)12-15-29(30,5)23(22)11-14-28(24,4)26(18)20(3)33-27(32)21-9-7-6-8-10-21/h6-10,18-20,22-24,26H,11-17H2,1-5H3/t18?,19?,20?,22-,23+,24+,26-,28+,29-/m1/s1. The van der Waals surface area contributed by atoms with Crippen LogP contribution in [-0.2, 0) is 9.53 Å². The first-order valence-electron chi connectivity index (χ1n) is 13.2. The monoisotopic (exact) mass is 451 g/mol. The van der Waals surface area contributed by atoms with Crippen LogP contribution in [0.1, 0.15) is 83.5 Å². The summed E-state index contributed by atoms with van der Waals surface area (Å²) < 4.78 is 6.09. The molecule has 4 aliphatic rings. The summed E-state index contributed by atoms with van der Waals surface area (Å²) in [6.07, 6.45) is 6.55. The number of carbonyl (C=O) groups excluding carboxylic acids is 2. The minimum atomic E-state index is -0.197. The fraction of sp³-hybridized carbons (Fsp3) is 0.724. The number of carbonyl (C=O) groups is 2. The smallest absolute Gasteiger partial charge is 0.338 e. The number of benzene rings is 1. The summed E-state index contributed by atoms with van der Waals surface area (Å²) in [7, 11) is 0. The maximum atomic E-state index is 12.8. The molecule has 0 radical (unpaired) electrons. The van der Waals surface area contributed by atoms with Gasteiger partial charge in [-0.2, -0.15) is 0 Å². The van der Waals surface area contributed by atoms with Gasteiger partial charge in [0.25, 0.3) is 0 Å². The summed E-state index contributed by atoms with van der Waals surface area (Å²) in [5, 5.41) is 0. The lowest BCUT2D eigenvalue weighted by molar-refractivity contribution is -0.155. The van der Waals surface area contributed by atoms with E-state index in [0.29, 0.717) is 35.0 Å². The van der Waals surface area contributed by atoms with Crippen LogP contribution in [-0.4, -0.2) is 40.9 Å². The second-order valence-electron chi connectivity index (χ2n) is 12.1.